The highest BCUT2D eigenvalue weighted by molar-refractivity contribution is 7.85. The Balaban J connectivity index is 2.08. The van der Waals surface area contributed by atoms with Gasteiger partial charge in [-0.05, 0) is 6.92 Å². The molecule has 11 nitrogen and oxygen atoms in total. The van der Waals surface area contributed by atoms with Crippen LogP contribution in [0.4, 0.5) is 5.82 Å². The molecule has 0 spiro atoms. The maximum Gasteiger partial charge on any atom is 0.488 e. The standard InChI is InChI=1S/C12H18BN5O6P/c1-6-3-22-25(13,20)23-4-7(21-2)11(24-6)18-10-8(17-12(18)19)9(14)15-5-16-10/h5-7,11,20H,3-4H2,1-2H3,(H,17,19)(H2,14,15,16)/q+1/t6-,7-,11+,25?/m0/s1. The molecule has 0 aromatic carbocycles. The number of nitrogens with zero attached hydrogens (tertiary/aromatic N) is 3. The van der Waals surface area contributed by atoms with Gasteiger partial charge in [0.1, 0.15) is 31.2 Å². The third-order valence-electron chi connectivity index (χ3n) is 3.70. The summed E-state index contributed by atoms with van der Waals surface area (Å²) >= 11 is 0. The predicted octanol–water partition coefficient (Wildman–Crippen LogP) is -0.494. The number of H-pyrrole nitrogens is 1. The summed E-state index contributed by atoms with van der Waals surface area (Å²) in [4.78, 5) is 33.0. The fraction of sp³-hybridized carbons (Fsp3) is 0.583. The second kappa shape index (κ2) is 6.98. The van der Waals surface area contributed by atoms with Crippen LogP contribution in [0.15, 0.2) is 11.1 Å². The van der Waals surface area contributed by atoms with Crippen LogP contribution in [0.3, 0.4) is 0 Å². The Morgan fingerprint density at radius 1 is 1.48 bits per heavy atom. The van der Waals surface area contributed by atoms with Crippen molar-refractivity contribution in [1.82, 2.24) is 19.5 Å². The van der Waals surface area contributed by atoms with E-state index in [9.17, 15) is 9.69 Å². The van der Waals surface area contributed by atoms with Crippen LogP contribution in [0.2, 0.25) is 0 Å². The molecule has 0 bridgehead atoms. The van der Waals surface area contributed by atoms with E-state index in [-0.39, 0.29) is 24.7 Å². The Labute approximate surface area is 144 Å². The van der Waals surface area contributed by atoms with E-state index < -0.39 is 31.9 Å². The lowest BCUT2D eigenvalue weighted by molar-refractivity contribution is -0.133. The normalized spacial score (nSPS) is 31.4. The molecular formula is C12H18BN5O6P+. The van der Waals surface area contributed by atoms with E-state index in [2.05, 4.69) is 15.0 Å². The third kappa shape index (κ3) is 3.69. The summed E-state index contributed by atoms with van der Waals surface area (Å²) in [7, 11) is 3.53. The smallest absolute Gasteiger partial charge is 0.382 e. The third-order valence-corrected chi connectivity index (χ3v) is 4.74. The van der Waals surface area contributed by atoms with Crippen molar-refractivity contribution in [3.63, 3.8) is 0 Å². The summed E-state index contributed by atoms with van der Waals surface area (Å²) in [5.74, 6) is 0.132. The van der Waals surface area contributed by atoms with Gasteiger partial charge >= 0.3 is 21.1 Å². The van der Waals surface area contributed by atoms with E-state index in [0.29, 0.717) is 5.52 Å². The van der Waals surface area contributed by atoms with Crippen molar-refractivity contribution in [2.75, 3.05) is 26.1 Å². The van der Waals surface area contributed by atoms with Gasteiger partial charge in [-0.1, -0.05) is 0 Å². The Morgan fingerprint density at radius 2 is 2.20 bits per heavy atom. The minimum absolute atomic E-state index is 0.0259. The van der Waals surface area contributed by atoms with E-state index in [1.54, 1.807) is 6.92 Å². The van der Waals surface area contributed by atoms with Gasteiger partial charge in [-0.2, -0.15) is 9.05 Å². The summed E-state index contributed by atoms with van der Waals surface area (Å²) in [6.45, 7) is 1.52. The fourth-order valence-electron chi connectivity index (χ4n) is 2.48. The molecule has 0 saturated carbocycles. The lowest BCUT2D eigenvalue weighted by Crippen LogP contribution is -2.38. The number of aromatic amines is 1. The molecule has 2 radical (unpaired) electrons. The van der Waals surface area contributed by atoms with Gasteiger partial charge in [-0.25, -0.2) is 24.2 Å². The molecule has 4 atom stereocenters. The molecule has 4 N–H and O–H groups in total. The SMILES string of the molecule is [B][P+]1(O)OC[C@H](OC)[C@H](n2c(=O)[nH]c3c(N)ncnc32)O[C@@H](C)CO1. The van der Waals surface area contributed by atoms with Crippen molar-refractivity contribution in [2.24, 2.45) is 0 Å². The molecule has 0 aliphatic carbocycles. The highest BCUT2D eigenvalue weighted by atomic mass is 31.2. The van der Waals surface area contributed by atoms with Crippen LogP contribution in [-0.2, 0) is 18.5 Å². The quantitative estimate of drug-likeness (QED) is 0.470. The number of fused-ring (bicyclic) bond motifs is 1. The maximum absolute atomic E-state index is 12.5. The number of rotatable bonds is 2. The van der Waals surface area contributed by atoms with Crippen molar-refractivity contribution in [3.8, 4) is 0 Å². The van der Waals surface area contributed by atoms with Crippen LogP contribution in [0.25, 0.3) is 11.2 Å². The molecule has 2 aromatic rings. The van der Waals surface area contributed by atoms with Crippen molar-refractivity contribution >= 4 is 32.4 Å². The van der Waals surface area contributed by atoms with Crippen molar-refractivity contribution < 1.29 is 23.4 Å². The zero-order valence-electron chi connectivity index (χ0n) is 13.7. The molecule has 1 aliphatic heterocycles. The van der Waals surface area contributed by atoms with E-state index >= 15 is 0 Å². The number of imidazole rings is 1. The zero-order valence-corrected chi connectivity index (χ0v) is 14.6. The van der Waals surface area contributed by atoms with Crippen molar-refractivity contribution in [3.05, 3.63) is 16.8 Å². The lowest BCUT2D eigenvalue weighted by atomic mass is 10.3. The molecule has 1 aliphatic rings. The number of nitrogens with one attached hydrogen (secondary N) is 1. The highest BCUT2D eigenvalue weighted by Crippen LogP contribution is 2.52. The average Bonchev–Trinajstić information content (AvgIpc) is 2.91. The minimum atomic E-state index is -3.50. The van der Waals surface area contributed by atoms with Gasteiger partial charge in [-0.3, -0.25) is 0 Å². The van der Waals surface area contributed by atoms with Gasteiger partial charge in [0.2, 0.25) is 0 Å². The number of methoxy groups -OCH3 is 1. The number of aromatic nitrogens is 4. The van der Waals surface area contributed by atoms with E-state index in [1.807, 2.05) is 0 Å². The number of hydrogen-bond acceptors (Lipinski definition) is 9. The Morgan fingerprint density at radius 3 is 2.92 bits per heavy atom. The number of nitrogen functional groups attached to an aromatic ring is 1. The first kappa shape index (κ1) is 18.2. The molecule has 1 unspecified atom stereocenters. The average molecular weight is 370 g/mol. The van der Waals surface area contributed by atoms with Gasteiger partial charge in [0, 0.05) is 7.11 Å². The Hall–Kier alpha value is -1.56. The van der Waals surface area contributed by atoms with Crippen LogP contribution in [0.5, 0.6) is 0 Å². The number of nitrogens with two attached hydrogens (primary N) is 1. The first-order valence-corrected chi connectivity index (χ1v) is 9.05. The first-order chi connectivity index (χ1) is 11.8. The van der Waals surface area contributed by atoms with Crippen LogP contribution in [-0.4, -0.2) is 64.5 Å². The maximum atomic E-state index is 12.5. The predicted molar refractivity (Wildman–Crippen MR) is 89.7 cm³/mol. The lowest BCUT2D eigenvalue weighted by Gasteiger charge is -2.27. The molecule has 2 aromatic heterocycles. The summed E-state index contributed by atoms with van der Waals surface area (Å²) < 4.78 is 23.0. The molecule has 0 amide bonds. The van der Waals surface area contributed by atoms with E-state index in [0.717, 1.165) is 0 Å². The number of ether oxygens (including phenoxy) is 2. The largest absolute Gasteiger partial charge is 0.488 e. The molecule has 1 fully saturated rings. The van der Waals surface area contributed by atoms with Crippen LogP contribution < -0.4 is 11.4 Å². The van der Waals surface area contributed by atoms with Crippen LogP contribution >= 0.6 is 7.82 Å². The summed E-state index contributed by atoms with van der Waals surface area (Å²) in [6, 6.07) is 0. The number of anilines is 1. The van der Waals surface area contributed by atoms with Crippen LogP contribution in [0, 0.1) is 0 Å². The number of hydrogen-bond donors (Lipinski definition) is 3. The van der Waals surface area contributed by atoms with Crippen LogP contribution in [0.1, 0.15) is 13.2 Å². The fourth-order valence-corrected chi connectivity index (χ4v) is 3.34. The van der Waals surface area contributed by atoms with E-state index in [1.165, 1.54) is 18.0 Å². The second-order valence-corrected chi connectivity index (χ2v) is 7.17. The van der Waals surface area contributed by atoms with Crippen molar-refractivity contribution in [1.29, 1.82) is 0 Å². The zero-order chi connectivity index (χ0) is 18.2. The van der Waals surface area contributed by atoms with Gasteiger partial charge in [0.25, 0.3) is 0 Å². The molecule has 3 heterocycles. The van der Waals surface area contributed by atoms with Gasteiger partial charge < -0.3 is 20.2 Å². The monoisotopic (exact) mass is 370 g/mol. The highest BCUT2D eigenvalue weighted by Gasteiger charge is 2.41. The minimum Gasteiger partial charge on any atom is -0.382 e. The van der Waals surface area contributed by atoms with E-state index in [4.69, 9.17) is 31.8 Å². The van der Waals surface area contributed by atoms with Gasteiger partial charge in [-0.15, -0.1) is 0 Å². The molecule has 13 heteroatoms. The summed E-state index contributed by atoms with van der Waals surface area (Å²) in [5.41, 5.74) is 5.83. The first-order valence-electron chi connectivity index (χ1n) is 7.41. The molecule has 3 rings (SSSR count). The summed E-state index contributed by atoms with van der Waals surface area (Å²) in [5, 5.41) is 0. The molecule has 1 saturated heterocycles. The molecular weight excluding hydrogens is 352 g/mol. The Kier molecular flexibility index (Phi) is 5.10. The second-order valence-electron chi connectivity index (χ2n) is 5.52. The Bertz CT molecular complexity index is 813. The van der Waals surface area contributed by atoms with Gasteiger partial charge in [0.15, 0.2) is 17.7 Å². The van der Waals surface area contributed by atoms with Gasteiger partial charge in [0.05, 0.1) is 6.10 Å². The molecule has 134 valence electrons. The molecule has 25 heavy (non-hydrogen) atoms. The topological polar surface area (TPSA) is 147 Å². The van der Waals surface area contributed by atoms with Crippen molar-refractivity contribution in [2.45, 2.75) is 25.4 Å². The summed E-state index contributed by atoms with van der Waals surface area (Å²) in [6.07, 6.45) is -0.967.